The highest BCUT2D eigenvalue weighted by molar-refractivity contribution is 7.10. The van der Waals surface area contributed by atoms with Crippen LogP contribution in [0.5, 0.6) is 0 Å². The molecule has 0 saturated carbocycles. The van der Waals surface area contributed by atoms with E-state index in [4.69, 9.17) is 5.73 Å². The molecule has 0 spiro atoms. The molecule has 1 aromatic carbocycles. The molecule has 0 amide bonds. The van der Waals surface area contributed by atoms with Crippen LogP contribution in [0.1, 0.15) is 27.6 Å². The van der Waals surface area contributed by atoms with Crippen molar-refractivity contribution in [1.29, 1.82) is 0 Å². The maximum absolute atomic E-state index is 6.06. The second-order valence-corrected chi connectivity index (χ2v) is 5.66. The number of nitrogen functional groups attached to an aromatic ring is 1. The van der Waals surface area contributed by atoms with Gasteiger partial charge >= 0.3 is 0 Å². The summed E-state index contributed by atoms with van der Waals surface area (Å²) in [6.07, 6.45) is 0.936. The van der Waals surface area contributed by atoms with E-state index in [0.29, 0.717) is 6.04 Å². The molecule has 0 fully saturated rings. The van der Waals surface area contributed by atoms with Crippen LogP contribution in [0.3, 0.4) is 0 Å². The highest BCUT2D eigenvalue weighted by atomic mass is 32.1. The summed E-state index contributed by atoms with van der Waals surface area (Å²) in [7, 11) is 2.01. The molecule has 2 rings (SSSR count). The minimum atomic E-state index is 0.342. The van der Waals surface area contributed by atoms with Crippen molar-refractivity contribution in [3.8, 4) is 0 Å². The maximum Gasteiger partial charge on any atom is 0.0456 e. The Morgan fingerprint density at radius 3 is 2.67 bits per heavy atom. The van der Waals surface area contributed by atoms with Crippen LogP contribution in [0.15, 0.2) is 29.6 Å². The van der Waals surface area contributed by atoms with E-state index >= 15 is 0 Å². The molecule has 18 heavy (non-hydrogen) atoms. The quantitative estimate of drug-likeness (QED) is 0.826. The minimum absolute atomic E-state index is 0.342. The van der Waals surface area contributed by atoms with Gasteiger partial charge in [0.25, 0.3) is 0 Å². The van der Waals surface area contributed by atoms with Gasteiger partial charge in [-0.3, -0.25) is 0 Å². The predicted octanol–water partition coefficient (Wildman–Crippen LogP) is 3.45. The Morgan fingerprint density at radius 2 is 2.06 bits per heavy atom. The number of benzene rings is 1. The lowest BCUT2D eigenvalue weighted by atomic mass is 10.00. The van der Waals surface area contributed by atoms with Crippen molar-refractivity contribution < 1.29 is 0 Å². The van der Waals surface area contributed by atoms with Crippen molar-refractivity contribution in [2.75, 3.05) is 12.8 Å². The predicted molar refractivity (Wildman–Crippen MR) is 80.2 cm³/mol. The molecular formula is C15H20N2S. The monoisotopic (exact) mass is 260 g/mol. The van der Waals surface area contributed by atoms with E-state index < -0.39 is 0 Å². The molecule has 3 N–H and O–H groups in total. The SMILES string of the molecule is CNC(Cc1cc(C)ccc1N)c1sccc1C. The highest BCUT2D eigenvalue weighted by Crippen LogP contribution is 2.28. The van der Waals surface area contributed by atoms with Gasteiger partial charge in [0.15, 0.2) is 0 Å². The summed E-state index contributed by atoms with van der Waals surface area (Å²) in [6.45, 7) is 4.27. The van der Waals surface area contributed by atoms with Gasteiger partial charge in [-0.2, -0.15) is 0 Å². The fourth-order valence-electron chi connectivity index (χ4n) is 2.20. The molecule has 3 heteroatoms. The van der Waals surface area contributed by atoms with Crippen molar-refractivity contribution in [1.82, 2.24) is 5.32 Å². The van der Waals surface area contributed by atoms with Crippen LogP contribution in [-0.2, 0) is 6.42 Å². The summed E-state index contributed by atoms with van der Waals surface area (Å²) in [5.41, 5.74) is 10.8. The molecule has 1 atom stereocenters. The molecule has 2 aromatic rings. The van der Waals surface area contributed by atoms with Crippen molar-refractivity contribution in [3.05, 3.63) is 51.2 Å². The molecule has 0 bridgehead atoms. The Labute approximate surface area is 113 Å². The highest BCUT2D eigenvalue weighted by Gasteiger charge is 2.15. The lowest BCUT2D eigenvalue weighted by molar-refractivity contribution is 0.600. The van der Waals surface area contributed by atoms with Gasteiger partial charge in [-0.25, -0.2) is 0 Å². The number of likely N-dealkylation sites (N-methyl/N-ethyl adjacent to an activating group) is 1. The summed E-state index contributed by atoms with van der Waals surface area (Å²) in [4.78, 5) is 1.40. The Hall–Kier alpha value is -1.32. The van der Waals surface area contributed by atoms with Crippen LogP contribution >= 0.6 is 11.3 Å². The molecule has 0 aliphatic rings. The average molecular weight is 260 g/mol. The zero-order chi connectivity index (χ0) is 13.1. The Kier molecular flexibility index (Phi) is 4.04. The summed E-state index contributed by atoms with van der Waals surface area (Å²) in [5, 5.41) is 5.54. The number of nitrogens with one attached hydrogen (secondary N) is 1. The zero-order valence-corrected chi connectivity index (χ0v) is 12.0. The van der Waals surface area contributed by atoms with Gasteiger partial charge in [0.05, 0.1) is 0 Å². The number of anilines is 1. The molecule has 96 valence electrons. The molecule has 2 nitrogen and oxygen atoms in total. The van der Waals surface area contributed by atoms with Gasteiger partial charge in [-0.15, -0.1) is 11.3 Å². The first-order chi connectivity index (χ1) is 8.61. The van der Waals surface area contributed by atoms with Gasteiger partial charge in [-0.05, 0) is 56.0 Å². The molecule has 0 aliphatic carbocycles. The van der Waals surface area contributed by atoms with E-state index in [2.05, 4.69) is 42.7 Å². The Morgan fingerprint density at radius 1 is 1.28 bits per heavy atom. The van der Waals surface area contributed by atoms with Crippen molar-refractivity contribution >= 4 is 17.0 Å². The zero-order valence-electron chi connectivity index (χ0n) is 11.2. The van der Waals surface area contributed by atoms with E-state index in [-0.39, 0.29) is 0 Å². The van der Waals surface area contributed by atoms with Crippen molar-refractivity contribution in [2.45, 2.75) is 26.3 Å². The number of hydrogen-bond acceptors (Lipinski definition) is 3. The first-order valence-corrected chi connectivity index (χ1v) is 7.06. The van der Waals surface area contributed by atoms with E-state index in [9.17, 15) is 0 Å². The maximum atomic E-state index is 6.06. The molecule has 1 heterocycles. The number of rotatable bonds is 4. The third-order valence-corrected chi connectivity index (χ3v) is 4.42. The molecule has 0 aliphatic heterocycles. The fourth-order valence-corrected chi connectivity index (χ4v) is 3.24. The fraction of sp³-hybridized carbons (Fsp3) is 0.333. The van der Waals surface area contributed by atoms with E-state index in [1.165, 1.54) is 21.6 Å². The minimum Gasteiger partial charge on any atom is -0.399 e. The van der Waals surface area contributed by atoms with Gasteiger partial charge in [0, 0.05) is 16.6 Å². The molecule has 1 aromatic heterocycles. The van der Waals surface area contributed by atoms with Crippen LogP contribution in [0.25, 0.3) is 0 Å². The second-order valence-electron chi connectivity index (χ2n) is 4.72. The van der Waals surface area contributed by atoms with Gasteiger partial charge in [0.2, 0.25) is 0 Å². The van der Waals surface area contributed by atoms with Gasteiger partial charge < -0.3 is 11.1 Å². The molecular weight excluding hydrogens is 240 g/mol. The Bertz CT molecular complexity index is 531. The van der Waals surface area contributed by atoms with E-state index in [1.807, 2.05) is 24.5 Å². The van der Waals surface area contributed by atoms with Gasteiger partial charge in [0.1, 0.15) is 0 Å². The summed E-state index contributed by atoms with van der Waals surface area (Å²) < 4.78 is 0. The Balaban J connectivity index is 2.26. The first kappa shape index (κ1) is 13.1. The normalized spacial score (nSPS) is 12.6. The van der Waals surface area contributed by atoms with Crippen LogP contribution in [0.2, 0.25) is 0 Å². The number of thiophene rings is 1. The lowest BCUT2D eigenvalue weighted by Crippen LogP contribution is -2.19. The van der Waals surface area contributed by atoms with Crippen LogP contribution in [0, 0.1) is 13.8 Å². The van der Waals surface area contributed by atoms with Crippen molar-refractivity contribution in [3.63, 3.8) is 0 Å². The number of hydrogen-bond donors (Lipinski definition) is 2. The second kappa shape index (κ2) is 5.55. The average Bonchev–Trinajstić information content (AvgIpc) is 2.77. The lowest BCUT2D eigenvalue weighted by Gasteiger charge is -2.17. The summed E-state index contributed by atoms with van der Waals surface area (Å²) in [6, 6.07) is 8.75. The number of nitrogens with two attached hydrogens (primary N) is 1. The largest absolute Gasteiger partial charge is 0.399 e. The molecule has 1 unspecified atom stereocenters. The van der Waals surface area contributed by atoms with Gasteiger partial charge in [-0.1, -0.05) is 17.7 Å². The third-order valence-electron chi connectivity index (χ3n) is 3.29. The standard InChI is InChI=1S/C15H20N2S/c1-10-4-5-13(16)12(8-10)9-14(17-3)15-11(2)6-7-18-15/h4-8,14,17H,9,16H2,1-3H3. The third kappa shape index (κ3) is 2.74. The smallest absolute Gasteiger partial charge is 0.0456 e. The van der Waals surface area contributed by atoms with E-state index in [0.717, 1.165) is 12.1 Å². The number of aryl methyl sites for hydroxylation is 2. The van der Waals surface area contributed by atoms with E-state index in [1.54, 1.807) is 0 Å². The van der Waals surface area contributed by atoms with Crippen molar-refractivity contribution in [2.24, 2.45) is 0 Å². The first-order valence-electron chi connectivity index (χ1n) is 6.18. The van der Waals surface area contributed by atoms with Crippen LogP contribution in [0.4, 0.5) is 5.69 Å². The molecule has 0 saturated heterocycles. The van der Waals surface area contributed by atoms with Crippen LogP contribution < -0.4 is 11.1 Å². The van der Waals surface area contributed by atoms with Crippen LogP contribution in [-0.4, -0.2) is 7.05 Å². The molecule has 0 radical (unpaired) electrons. The summed E-state index contributed by atoms with van der Waals surface area (Å²) >= 11 is 1.81. The topological polar surface area (TPSA) is 38.0 Å². The summed E-state index contributed by atoms with van der Waals surface area (Å²) in [5.74, 6) is 0.